The molecule has 0 aliphatic heterocycles. The topological polar surface area (TPSA) is 26.1 Å². The summed E-state index contributed by atoms with van der Waals surface area (Å²) in [7, 11) is 0. The monoisotopic (exact) mass is 155 g/mol. The molecule has 0 amide bonds. The van der Waals surface area contributed by atoms with Gasteiger partial charge in [-0.1, -0.05) is 20.3 Å². The summed E-state index contributed by atoms with van der Waals surface area (Å²) in [4.78, 5) is 0. The highest BCUT2D eigenvalue weighted by Gasteiger charge is 2.23. The largest absolute Gasteiger partial charge is 0.298 e. The van der Waals surface area contributed by atoms with Crippen LogP contribution in [0.5, 0.6) is 0 Å². The molecule has 0 aromatic heterocycles. The fourth-order valence-electron chi connectivity index (χ4n) is 1.24. The zero-order valence-corrected chi connectivity index (χ0v) is 7.64. The van der Waals surface area contributed by atoms with Crippen molar-refractivity contribution in [1.29, 1.82) is 0 Å². The fourth-order valence-corrected chi connectivity index (χ4v) is 1.24. The van der Waals surface area contributed by atoms with Crippen molar-refractivity contribution in [3.05, 3.63) is 0 Å². The predicted molar refractivity (Wildman–Crippen MR) is 47.5 cm³/mol. The second-order valence-corrected chi connectivity index (χ2v) is 3.24. The van der Waals surface area contributed by atoms with Gasteiger partial charge in [0.2, 0.25) is 0 Å². The van der Waals surface area contributed by atoms with Crippen LogP contribution in [0.3, 0.4) is 0 Å². The van der Waals surface area contributed by atoms with Crippen molar-refractivity contribution in [2.24, 2.45) is 0 Å². The Balaban J connectivity index is 2.08. The van der Waals surface area contributed by atoms with Crippen LogP contribution in [-0.4, -0.2) is 18.8 Å². The van der Waals surface area contributed by atoms with Crippen LogP contribution >= 0.6 is 0 Å². The van der Waals surface area contributed by atoms with Crippen LogP contribution in [0.2, 0.25) is 0 Å². The van der Waals surface area contributed by atoms with Crippen molar-refractivity contribution in [3.8, 4) is 0 Å². The van der Waals surface area contributed by atoms with Gasteiger partial charge in [-0.2, -0.15) is 0 Å². The zero-order chi connectivity index (χ0) is 8.10. The van der Waals surface area contributed by atoms with E-state index in [-0.39, 0.29) is 0 Å². The Labute approximate surface area is 69.8 Å². The first-order valence-corrected chi connectivity index (χ1v) is 4.79. The Morgan fingerprint density at radius 1 is 1.45 bits per heavy atom. The molecular formula is C9H19N2. The van der Waals surface area contributed by atoms with Crippen molar-refractivity contribution in [2.45, 2.75) is 51.7 Å². The van der Waals surface area contributed by atoms with E-state index in [1.165, 1.54) is 25.7 Å². The molecule has 1 radical (unpaired) electrons. The Hall–Kier alpha value is -0.0800. The minimum Gasteiger partial charge on any atom is -0.298 e. The van der Waals surface area contributed by atoms with Gasteiger partial charge in [-0.3, -0.25) is 5.32 Å². The molecule has 1 aliphatic carbocycles. The molecule has 0 spiro atoms. The van der Waals surface area contributed by atoms with Gasteiger partial charge in [0.05, 0.1) is 6.17 Å². The highest BCUT2D eigenvalue weighted by molar-refractivity contribution is 4.83. The predicted octanol–water partition coefficient (Wildman–Crippen LogP) is 1.49. The Morgan fingerprint density at radius 3 is 2.64 bits per heavy atom. The molecule has 0 aromatic rings. The van der Waals surface area contributed by atoms with Gasteiger partial charge in [0.15, 0.2) is 0 Å². The van der Waals surface area contributed by atoms with Crippen LogP contribution < -0.4 is 10.6 Å². The van der Waals surface area contributed by atoms with Gasteiger partial charge in [0, 0.05) is 12.6 Å². The van der Waals surface area contributed by atoms with E-state index in [1.54, 1.807) is 0 Å². The average molecular weight is 155 g/mol. The maximum Gasteiger partial charge on any atom is 0.0737 e. The molecule has 0 aromatic carbocycles. The van der Waals surface area contributed by atoms with Crippen LogP contribution in [0.4, 0.5) is 0 Å². The molecule has 1 unspecified atom stereocenters. The van der Waals surface area contributed by atoms with Crippen LogP contribution in [0.1, 0.15) is 39.5 Å². The maximum atomic E-state index is 4.48. The molecule has 1 atom stereocenters. The minimum absolute atomic E-state index is 0.442. The first-order chi connectivity index (χ1) is 5.36. The molecule has 2 nitrogen and oxygen atoms in total. The van der Waals surface area contributed by atoms with Crippen LogP contribution in [0.25, 0.3) is 0 Å². The van der Waals surface area contributed by atoms with Gasteiger partial charge >= 0.3 is 0 Å². The molecule has 0 bridgehead atoms. The van der Waals surface area contributed by atoms with Gasteiger partial charge in [-0.05, 0) is 19.3 Å². The lowest BCUT2D eigenvalue weighted by Crippen LogP contribution is -2.38. The highest BCUT2D eigenvalue weighted by atomic mass is 15.1. The number of nitrogens with one attached hydrogen (secondary N) is 1. The molecule has 0 saturated heterocycles. The Bertz CT molecular complexity index is 93.7. The molecule has 1 rings (SSSR count). The second-order valence-electron chi connectivity index (χ2n) is 3.24. The molecule has 2 heteroatoms. The van der Waals surface area contributed by atoms with E-state index in [9.17, 15) is 0 Å². The van der Waals surface area contributed by atoms with Gasteiger partial charge < -0.3 is 0 Å². The molecule has 1 N–H and O–H groups in total. The Kier molecular flexibility index (Phi) is 3.87. The molecular weight excluding hydrogens is 136 g/mol. The SMILES string of the molecule is CCCC([N]CC)NC1CC1. The second kappa shape index (κ2) is 4.73. The van der Waals surface area contributed by atoms with Gasteiger partial charge in [0.25, 0.3) is 0 Å². The highest BCUT2D eigenvalue weighted by Crippen LogP contribution is 2.19. The van der Waals surface area contributed by atoms with E-state index in [1.807, 2.05) is 0 Å². The summed E-state index contributed by atoms with van der Waals surface area (Å²) < 4.78 is 0. The van der Waals surface area contributed by atoms with E-state index in [0.29, 0.717) is 6.17 Å². The van der Waals surface area contributed by atoms with Crippen molar-refractivity contribution in [3.63, 3.8) is 0 Å². The minimum atomic E-state index is 0.442. The number of nitrogens with zero attached hydrogens (tertiary/aromatic N) is 1. The molecule has 65 valence electrons. The van der Waals surface area contributed by atoms with Crippen LogP contribution in [0.15, 0.2) is 0 Å². The van der Waals surface area contributed by atoms with Gasteiger partial charge in [0.1, 0.15) is 0 Å². The molecule has 1 aliphatic rings. The van der Waals surface area contributed by atoms with E-state index in [0.717, 1.165) is 12.6 Å². The lowest BCUT2D eigenvalue weighted by molar-refractivity contribution is 0.395. The third-order valence-corrected chi connectivity index (χ3v) is 1.97. The fraction of sp³-hybridized carbons (Fsp3) is 1.00. The smallest absolute Gasteiger partial charge is 0.0737 e. The third-order valence-electron chi connectivity index (χ3n) is 1.97. The summed E-state index contributed by atoms with van der Waals surface area (Å²) in [6.07, 6.45) is 5.59. The van der Waals surface area contributed by atoms with Crippen molar-refractivity contribution >= 4 is 0 Å². The standard InChI is InChI=1S/C9H19N2/c1-3-5-9(10-4-2)11-8-6-7-8/h8-9,11H,3-7H2,1-2H3. The number of rotatable bonds is 6. The average Bonchev–Trinajstić information content (AvgIpc) is 2.73. The van der Waals surface area contributed by atoms with E-state index < -0.39 is 0 Å². The van der Waals surface area contributed by atoms with Crippen molar-refractivity contribution in [1.82, 2.24) is 10.6 Å². The third kappa shape index (κ3) is 3.73. The zero-order valence-electron chi connectivity index (χ0n) is 7.64. The molecule has 1 saturated carbocycles. The van der Waals surface area contributed by atoms with Gasteiger partial charge in [-0.15, -0.1) is 0 Å². The summed E-state index contributed by atoms with van der Waals surface area (Å²) in [6, 6.07) is 0.793. The first kappa shape index (κ1) is 9.01. The number of hydrogen-bond donors (Lipinski definition) is 1. The summed E-state index contributed by atoms with van der Waals surface area (Å²) in [5, 5.41) is 8.01. The molecule has 0 heterocycles. The lowest BCUT2D eigenvalue weighted by Gasteiger charge is -2.16. The molecule has 11 heavy (non-hydrogen) atoms. The van der Waals surface area contributed by atoms with Crippen LogP contribution in [0, 0.1) is 0 Å². The van der Waals surface area contributed by atoms with E-state index >= 15 is 0 Å². The van der Waals surface area contributed by atoms with Crippen molar-refractivity contribution in [2.75, 3.05) is 6.54 Å². The summed E-state index contributed by atoms with van der Waals surface area (Å²) >= 11 is 0. The van der Waals surface area contributed by atoms with E-state index in [4.69, 9.17) is 0 Å². The van der Waals surface area contributed by atoms with Gasteiger partial charge in [-0.25, -0.2) is 5.32 Å². The summed E-state index contributed by atoms with van der Waals surface area (Å²) in [5.74, 6) is 0. The number of hydrogen-bond acceptors (Lipinski definition) is 1. The first-order valence-electron chi connectivity index (χ1n) is 4.79. The normalized spacial score (nSPS) is 20.2. The molecule has 1 fully saturated rings. The van der Waals surface area contributed by atoms with Crippen molar-refractivity contribution < 1.29 is 0 Å². The lowest BCUT2D eigenvalue weighted by atomic mass is 10.2. The maximum absolute atomic E-state index is 4.48. The Morgan fingerprint density at radius 2 is 2.18 bits per heavy atom. The quantitative estimate of drug-likeness (QED) is 0.618. The van der Waals surface area contributed by atoms with Crippen LogP contribution in [-0.2, 0) is 0 Å². The summed E-state index contributed by atoms with van der Waals surface area (Å²) in [5.41, 5.74) is 0. The van der Waals surface area contributed by atoms with E-state index in [2.05, 4.69) is 24.5 Å². The summed E-state index contributed by atoms with van der Waals surface area (Å²) in [6.45, 7) is 5.27.